The molecule has 0 unspecified atom stereocenters. The Morgan fingerprint density at radius 3 is 2.52 bits per heavy atom. The number of nitrogens with one attached hydrogen (secondary N) is 1. The number of para-hydroxylation sites is 1. The highest BCUT2D eigenvalue weighted by Gasteiger charge is 2.07. The van der Waals surface area contributed by atoms with Crippen molar-refractivity contribution in [1.29, 1.82) is 0 Å². The summed E-state index contributed by atoms with van der Waals surface area (Å²) in [4.78, 5) is 12.0. The fourth-order valence-electron chi connectivity index (χ4n) is 2.29. The van der Waals surface area contributed by atoms with Crippen molar-refractivity contribution in [2.45, 2.75) is 6.54 Å². The summed E-state index contributed by atoms with van der Waals surface area (Å²) in [6, 6.07) is 10.3. The summed E-state index contributed by atoms with van der Waals surface area (Å²) < 4.78 is 15.6. The van der Waals surface area contributed by atoms with Gasteiger partial charge in [0.25, 0.3) is 0 Å². The molecular weight excluding hydrogens is 322 g/mol. The Bertz CT molecular complexity index is 770. The summed E-state index contributed by atoms with van der Waals surface area (Å²) in [5.41, 5.74) is 1.55. The van der Waals surface area contributed by atoms with Crippen LogP contribution in [0.15, 0.2) is 42.5 Å². The number of rotatable bonds is 7. The minimum absolute atomic E-state index is 0.0580. The Morgan fingerprint density at radius 1 is 1.08 bits per heavy atom. The summed E-state index contributed by atoms with van der Waals surface area (Å²) in [6.45, 7) is 0.315. The van der Waals surface area contributed by atoms with Crippen molar-refractivity contribution >= 4 is 12.0 Å². The molecule has 2 aromatic rings. The van der Waals surface area contributed by atoms with Crippen molar-refractivity contribution in [2.24, 2.45) is 0 Å². The molecule has 6 nitrogen and oxygen atoms in total. The maximum atomic E-state index is 12.0. The maximum absolute atomic E-state index is 12.0. The normalized spacial score (nSPS) is 10.5. The van der Waals surface area contributed by atoms with E-state index in [-0.39, 0.29) is 11.7 Å². The standard InChI is InChI=1S/C19H21NO5/c1-23-16-6-4-5-14(19(16)25-3)8-10-18(22)20-12-13-7-9-15(21)17(11-13)24-2/h4-11,21H,12H2,1-3H3,(H,20,22)/b10-8+. The third kappa shape index (κ3) is 4.67. The molecule has 0 bridgehead atoms. The van der Waals surface area contributed by atoms with E-state index in [1.807, 2.05) is 12.1 Å². The molecule has 0 heterocycles. The van der Waals surface area contributed by atoms with Gasteiger partial charge in [0.1, 0.15) is 0 Å². The van der Waals surface area contributed by atoms with Gasteiger partial charge in [-0.2, -0.15) is 0 Å². The molecule has 2 N–H and O–H groups in total. The van der Waals surface area contributed by atoms with Crippen LogP contribution in [0, 0.1) is 0 Å². The van der Waals surface area contributed by atoms with Crippen LogP contribution in [0.2, 0.25) is 0 Å². The molecule has 0 aromatic heterocycles. The van der Waals surface area contributed by atoms with E-state index in [4.69, 9.17) is 14.2 Å². The van der Waals surface area contributed by atoms with E-state index in [0.29, 0.717) is 23.8 Å². The number of phenols is 1. The fraction of sp³-hybridized carbons (Fsp3) is 0.211. The van der Waals surface area contributed by atoms with Crippen LogP contribution in [-0.4, -0.2) is 32.3 Å². The SMILES string of the molecule is COc1cc(CNC(=O)/C=C/c2cccc(OC)c2OC)ccc1O. The molecule has 25 heavy (non-hydrogen) atoms. The molecule has 0 aliphatic carbocycles. The molecule has 0 saturated heterocycles. The van der Waals surface area contributed by atoms with E-state index in [0.717, 1.165) is 11.1 Å². The van der Waals surface area contributed by atoms with Gasteiger partial charge < -0.3 is 24.6 Å². The predicted octanol–water partition coefficient (Wildman–Crippen LogP) is 2.75. The van der Waals surface area contributed by atoms with Crippen LogP contribution in [-0.2, 0) is 11.3 Å². The molecule has 0 fully saturated rings. The highest BCUT2D eigenvalue weighted by atomic mass is 16.5. The average Bonchev–Trinajstić information content (AvgIpc) is 2.65. The van der Waals surface area contributed by atoms with Crippen LogP contribution in [0.5, 0.6) is 23.0 Å². The molecule has 2 rings (SSSR count). The van der Waals surface area contributed by atoms with E-state index in [9.17, 15) is 9.90 Å². The molecular formula is C19H21NO5. The lowest BCUT2D eigenvalue weighted by molar-refractivity contribution is -0.116. The first-order valence-corrected chi connectivity index (χ1v) is 7.61. The van der Waals surface area contributed by atoms with Crippen molar-refractivity contribution in [3.8, 4) is 23.0 Å². The first-order chi connectivity index (χ1) is 12.1. The van der Waals surface area contributed by atoms with Gasteiger partial charge in [-0.15, -0.1) is 0 Å². The molecule has 0 aliphatic heterocycles. The van der Waals surface area contributed by atoms with Gasteiger partial charge in [0.2, 0.25) is 5.91 Å². The maximum Gasteiger partial charge on any atom is 0.244 e. The second-order valence-corrected chi connectivity index (χ2v) is 5.14. The number of ether oxygens (including phenoxy) is 3. The number of hydrogen-bond donors (Lipinski definition) is 2. The van der Waals surface area contributed by atoms with Crippen LogP contribution in [0.25, 0.3) is 6.08 Å². The zero-order chi connectivity index (χ0) is 18.2. The number of benzene rings is 2. The summed E-state index contributed by atoms with van der Waals surface area (Å²) in [7, 11) is 4.58. The van der Waals surface area contributed by atoms with Crippen LogP contribution < -0.4 is 19.5 Å². The van der Waals surface area contributed by atoms with Crippen molar-refractivity contribution in [3.63, 3.8) is 0 Å². The number of aromatic hydroxyl groups is 1. The number of carbonyl (C=O) groups is 1. The smallest absolute Gasteiger partial charge is 0.244 e. The summed E-state index contributed by atoms with van der Waals surface area (Å²) in [5, 5.41) is 12.3. The van der Waals surface area contributed by atoms with Gasteiger partial charge in [0.05, 0.1) is 21.3 Å². The number of amides is 1. The number of carbonyl (C=O) groups excluding carboxylic acids is 1. The summed E-state index contributed by atoms with van der Waals surface area (Å²) >= 11 is 0. The van der Waals surface area contributed by atoms with E-state index < -0.39 is 0 Å². The molecule has 2 aromatic carbocycles. The monoisotopic (exact) mass is 343 g/mol. The van der Waals surface area contributed by atoms with Gasteiger partial charge in [0, 0.05) is 18.2 Å². The Kier molecular flexibility index (Phi) is 6.28. The van der Waals surface area contributed by atoms with Crippen LogP contribution >= 0.6 is 0 Å². The van der Waals surface area contributed by atoms with E-state index in [1.165, 1.54) is 19.3 Å². The van der Waals surface area contributed by atoms with E-state index in [2.05, 4.69) is 5.32 Å². The molecule has 0 saturated carbocycles. The first-order valence-electron chi connectivity index (χ1n) is 7.61. The van der Waals surface area contributed by atoms with Gasteiger partial charge in [-0.3, -0.25) is 4.79 Å². The second kappa shape index (κ2) is 8.63. The molecule has 6 heteroatoms. The van der Waals surface area contributed by atoms with Crippen molar-refractivity contribution in [2.75, 3.05) is 21.3 Å². The van der Waals surface area contributed by atoms with Gasteiger partial charge in [-0.1, -0.05) is 18.2 Å². The lowest BCUT2D eigenvalue weighted by atomic mass is 10.1. The highest BCUT2D eigenvalue weighted by Crippen LogP contribution is 2.31. The minimum atomic E-state index is -0.253. The number of phenolic OH excluding ortho intramolecular Hbond substituents is 1. The third-order valence-corrected chi connectivity index (χ3v) is 3.56. The Labute approximate surface area is 146 Å². The lowest BCUT2D eigenvalue weighted by Gasteiger charge is -2.10. The average molecular weight is 343 g/mol. The zero-order valence-corrected chi connectivity index (χ0v) is 14.4. The molecule has 0 aliphatic rings. The van der Waals surface area contributed by atoms with Crippen LogP contribution in [0.3, 0.4) is 0 Å². The fourth-order valence-corrected chi connectivity index (χ4v) is 2.29. The zero-order valence-electron chi connectivity index (χ0n) is 14.4. The van der Waals surface area contributed by atoms with Crippen molar-refractivity contribution in [1.82, 2.24) is 5.32 Å². The van der Waals surface area contributed by atoms with Gasteiger partial charge >= 0.3 is 0 Å². The lowest BCUT2D eigenvalue weighted by Crippen LogP contribution is -2.20. The quantitative estimate of drug-likeness (QED) is 0.756. The summed E-state index contributed by atoms with van der Waals surface area (Å²) in [6.07, 6.45) is 3.09. The van der Waals surface area contributed by atoms with Gasteiger partial charge in [-0.25, -0.2) is 0 Å². The van der Waals surface area contributed by atoms with Crippen molar-refractivity contribution in [3.05, 3.63) is 53.6 Å². The van der Waals surface area contributed by atoms with Crippen molar-refractivity contribution < 1.29 is 24.1 Å². The molecule has 0 radical (unpaired) electrons. The second-order valence-electron chi connectivity index (χ2n) is 5.14. The Morgan fingerprint density at radius 2 is 1.84 bits per heavy atom. The minimum Gasteiger partial charge on any atom is -0.504 e. The molecule has 132 valence electrons. The topological polar surface area (TPSA) is 77.0 Å². The molecule has 0 spiro atoms. The van der Waals surface area contributed by atoms with E-state index in [1.54, 1.807) is 38.5 Å². The summed E-state index contributed by atoms with van der Waals surface area (Å²) in [5.74, 6) is 1.33. The Balaban J connectivity index is 2.02. The van der Waals surface area contributed by atoms with Gasteiger partial charge in [-0.05, 0) is 29.8 Å². The largest absolute Gasteiger partial charge is 0.504 e. The predicted molar refractivity (Wildman–Crippen MR) is 95.1 cm³/mol. The third-order valence-electron chi connectivity index (χ3n) is 3.56. The molecule has 0 atom stereocenters. The Hall–Kier alpha value is -3.15. The highest BCUT2D eigenvalue weighted by molar-refractivity contribution is 5.92. The number of hydrogen-bond acceptors (Lipinski definition) is 5. The van der Waals surface area contributed by atoms with E-state index >= 15 is 0 Å². The molecule has 1 amide bonds. The van der Waals surface area contributed by atoms with Gasteiger partial charge in [0.15, 0.2) is 23.0 Å². The van der Waals surface area contributed by atoms with Crippen LogP contribution in [0.4, 0.5) is 0 Å². The number of methoxy groups -OCH3 is 3. The van der Waals surface area contributed by atoms with Crippen LogP contribution in [0.1, 0.15) is 11.1 Å². The first kappa shape index (κ1) is 18.2.